The molecule has 8 heteroatoms. The molecule has 144 valence electrons. The van der Waals surface area contributed by atoms with Crippen LogP contribution in [0.1, 0.15) is 26.5 Å². The normalized spacial score (nSPS) is 10.4. The molecule has 0 unspecified atom stereocenters. The number of rotatable bonds is 6. The lowest BCUT2D eigenvalue weighted by Gasteiger charge is -2.20. The maximum Gasteiger partial charge on any atom is 0.291 e. The van der Waals surface area contributed by atoms with Gasteiger partial charge in [-0.2, -0.15) is 0 Å². The first kappa shape index (κ1) is 19.4. The quantitative estimate of drug-likeness (QED) is 0.664. The van der Waals surface area contributed by atoms with Gasteiger partial charge in [-0.1, -0.05) is 29.8 Å². The number of imidazole rings is 1. The van der Waals surface area contributed by atoms with Crippen molar-refractivity contribution in [3.05, 3.63) is 76.8 Å². The summed E-state index contributed by atoms with van der Waals surface area (Å²) in [5.74, 6) is 0.184. The van der Waals surface area contributed by atoms with Gasteiger partial charge in [0.05, 0.1) is 17.8 Å². The first-order valence-electron chi connectivity index (χ1n) is 8.47. The average molecular weight is 399 g/mol. The summed E-state index contributed by atoms with van der Waals surface area (Å²) in [4.78, 5) is 33.3. The number of anilines is 1. The molecule has 1 aromatic heterocycles. The number of para-hydroxylation sites is 1. The molecule has 2 amide bonds. The minimum absolute atomic E-state index is 0.173. The molecule has 0 aliphatic carbocycles. The van der Waals surface area contributed by atoms with Crippen molar-refractivity contribution in [2.24, 2.45) is 0 Å². The zero-order valence-corrected chi connectivity index (χ0v) is 16.2. The van der Waals surface area contributed by atoms with Crippen molar-refractivity contribution in [1.82, 2.24) is 14.9 Å². The van der Waals surface area contributed by atoms with E-state index in [1.54, 1.807) is 67.7 Å². The van der Waals surface area contributed by atoms with E-state index in [2.05, 4.69) is 15.3 Å². The summed E-state index contributed by atoms with van der Waals surface area (Å²) < 4.78 is 5.17. The van der Waals surface area contributed by atoms with Crippen LogP contribution in [0.5, 0.6) is 5.75 Å². The zero-order valence-electron chi connectivity index (χ0n) is 15.4. The number of ether oxygens (including phenoxy) is 1. The van der Waals surface area contributed by atoms with Crippen LogP contribution in [-0.4, -0.2) is 40.8 Å². The van der Waals surface area contributed by atoms with Crippen molar-refractivity contribution >= 4 is 29.1 Å². The number of H-pyrrole nitrogens is 1. The number of aromatic nitrogens is 2. The summed E-state index contributed by atoms with van der Waals surface area (Å²) in [6.07, 6.45) is 3.05. The third-order valence-corrected chi connectivity index (χ3v) is 4.44. The lowest BCUT2D eigenvalue weighted by molar-refractivity contribution is 0.0785. The van der Waals surface area contributed by atoms with Crippen molar-refractivity contribution in [1.29, 1.82) is 0 Å². The molecule has 0 bridgehead atoms. The van der Waals surface area contributed by atoms with E-state index in [-0.39, 0.29) is 18.3 Å². The Bertz CT molecular complexity index is 989. The fraction of sp³-hybridized carbons (Fsp3) is 0.150. The van der Waals surface area contributed by atoms with Crippen molar-refractivity contribution < 1.29 is 14.3 Å². The molecule has 0 aliphatic rings. The summed E-state index contributed by atoms with van der Waals surface area (Å²) in [6.45, 7) is 0.254. The van der Waals surface area contributed by atoms with Gasteiger partial charge in [0.25, 0.3) is 11.8 Å². The molecule has 28 heavy (non-hydrogen) atoms. The van der Waals surface area contributed by atoms with Gasteiger partial charge < -0.3 is 19.9 Å². The minimum atomic E-state index is -0.416. The van der Waals surface area contributed by atoms with Crippen LogP contribution >= 0.6 is 11.6 Å². The predicted octanol–water partition coefficient (Wildman–Crippen LogP) is 3.60. The highest BCUT2D eigenvalue weighted by Crippen LogP contribution is 2.28. The van der Waals surface area contributed by atoms with Crippen LogP contribution < -0.4 is 10.1 Å². The number of nitrogens with one attached hydrogen (secondary N) is 2. The fourth-order valence-corrected chi connectivity index (χ4v) is 2.95. The van der Waals surface area contributed by atoms with E-state index in [1.165, 1.54) is 6.20 Å². The number of aromatic amines is 1. The molecule has 1 heterocycles. The Kier molecular flexibility index (Phi) is 5.96. The monoisotopic (exact) mass is 398 g/mol. The number of nitrogens with zero attached hydrogens (tertiary/aromatic N) is 2. The van der Waals surface area contributed by atoms with Crippen LogP contribution in [0.25, 0.3) is 0 Å². The second-order valence-corrected chi connectivity index (χ2v) is 6.47. The van der Waals surface area contributed by atoms with E-state index < -0.39 is 5.91 Å². The number of methoxy groups -OCH3 is 1. The van der Waals surface area contributed by atoms with Crippen molar-refractivity contribution in [2.75, 3.05) is 19.5 Å². The van der Waals surface area contributed by atoms with E-state index in [1.807, 2.05) is 0 Å². The Balaban J connectivity index is 1.80. The Morgan fingerprint density at radius 1 is 1.25 bits per heavy atom. The van der Waals surface area contributed by atoms with Crippen LogP contribution in [0.3, 0.4) is 0 Å². The van der Waals surface area contributed by atoms with Crippen LogP contribution in [0, 0.1) is 0 Å². The number of amides is 2. The highest BCUT2D eigenvalue weighted by molar-refractivity contribution is 6.34. The maximum absolute atomic E-state index is 12.8. The molecule has 7 nitrogen and oxygen atoms in total. The standard InChI is InChI=1S/C20H19ClN4O3/c1-25(20(27)13-5-3-7-15(11-13)28-2)12-14-6-4-8-16(21)17(14)24-19(26)18-22-9-10-23-18/h3-11H,12H2,1-2H3,(H,22,23)(H,24,26). The molecule has 2 N–H and O–H groups in total. The molecular weight excluding hydrogens is 380 g/mol. The van der Waals surface area contributed by atoms with Gasteiger partial charge in [0.2, 0.25) is 0 Å². The Hall–Kier alpha value is -3.32. The van der Waals surface area contributed by atoms with E-state index in [4.69, 9.17) is 16.3 Å². The highest BCUT2D eigenvalue weighted by atomic mass is 35.5. The second kappa shape index (κ2) is 8.58. The van der Waals surface area contributed by atoms with Gasteiger partial charge in [-0.25, -0.2) is 4.98 Å². The van der Waals surface area contributed by atoms with E-state index >= 15 is 0 Å². The fourth-order valence-electron chi connectivity index (χ4n) is 2.71. The average Bonchev–Trinajstić information content (AvgIpc) is 3.25. The SMILES string of the molecule is COc1cccc(C(=O)N(C)Cc2cccc(Cl)c2NC(=O)c2ncc[nH]2)c1. The molecule has 3 rings (SSSR count). The van der Waals surface area contributed by atoms with Crippen molar-refractivity contribution in [3.63, 3.8) is 0 Å². The van der Waals surface area contributed by atoms with Gasteiger partial charge >= 0.3 is 0 Å². The first-order chi connectivity index (χ1) is 13.5. The summed E-state index contributed by atoms with van der Waals surface area (Å²) >= 11 is 6.29. The van der Waals surface area contributed by atoms with Crippen molar-refractivity contribution in [3.8, 4) is 5.75 Å². The molecule has 0 aliphatic heterocycles. The van der Waals surface area contributed by atoms with Crippen LogP contribution in [-0.2, 0) is 6.54 Å². The molecule has 0 saturated heterocycles. The molecule has 3 aromatic rings. The number of halogens is 1. The van der Waals surface area contributed by atoms with Gasteiger partial charge in [-0.15, -0.1) is 0 Å². The Labute approximate surface area is 167 Å². The Morgan fingerprint density at radius 3 is 2.75 bits per heavy atom. The molecule has 0 saturated carbocycles. The second-order valence-electron chi connectivity index (χ2n) is 6.06. The number of hydrogen-bond acceptors (Lipinski definition) is 4. The molecule has 0 atom stereocenters. The van der Waals surface area contributed by atoms with Gasteiger partial charge in [0.15, 0.2) is 5.82 Å². The molecule has 0 radical (unpaired) electrons. The summed E-state index contributed by atoms with van der Waals surface area (Å²) in [5, 5.41) is 3.14. The van der Waals surface area contributed by atoms with E-state index in [0.29, 0.717) is 27.6 Å². The molecule has 0 spiro atoms. The number of hydrogen-bond donors (Lipinski definition) is 2. The van der Waals surface area contributed by atoms with Gasteiger partial charge in [0, 0.05) is 31.5 Å². The minimum Gasteiger partial charge on any atom is -0.497 e. The third-order valence-electron chi connectivity index (χ3n) is 4.12. The smallest absolute Gasteiger partial charge is 0.291 e. The highest BCUT2D eigenvalue weighted by Gasteiger charge is 2.18. The predicted molar refractivity (Wildman–Crippen MR) is 107 cm³/mol. The van der Waals surface area contributed by atoms with Crippen LogP contribution in [0.4, 0.5) is 5.69 Å². The Morgan fingerprint density at radius 2 is 2.04 bits per heavy atom. The lowest BCUT2D eigenvalue weighted by atomic mass is 10.1. The van der Waals surface area contributed by atoms with Crippen molar-refractivity contribution in [2.45, 2.75) is 6.54 Å². The number of carbonyl (C=O) groups excluding carboxylic acids is 2. The first-order valence-corrected chi connectivity index (χ1v) is 8.85. The maximum atomic E-state index is 12.8. The number of benzene rings is 2. The lowest BCUT2D eigenvalue weighted by Crippen LogP contribution is -2.27. The summed E-state index contributed by atoms with van der Waals surface area (Å²) in [6, 6.07) is 12.2. The largest absolute Gasteiger partial charge is 0.497 e. The van der Waals surface area contributed by atoms with E-state index in [9.17, 15) is 9.59 Å². The van der Waals surface area contributed by atoms with Crippen LogP contribution in [0.15, 0.2) is 54.9 Å². The van der Waals surface area contributed by atoms with Gasteiger partial charge in [-0.05, 0) is 29.8 Å². The topological polar surface area (TPSA) is 87.3 Å². The van der Waals surface area contributed by atoms with Gasteiger partial charge in [-0.3, -0.25) is 9.59 Å². The van der Waals surface area contributed by atoms with Crippen LogP contribution in [0.2, 0.25) is 5.02 Å². The van der Waals surface area contributed by atoms with E-state index in [0.717, 1.165) is 0 Å². The number of carbonyl (C=O) groups is 2. The van der Waals surface area contributed by atoms with Gasteiger partial charge in [0.1, 0.15) is 5.75 Å². The summed E-state index contributed by atoms with van der Waals surface area (Å²) in [7, 11) is 3.23. The third kappa shape index (κ3) is 4.32. The molecular formula is C20H19ClN4O3. The molecule has 2 aromatic carbocycles. The summed E-state index contributed by atoms with van der Waals surface area (Å²) in [5.41, 5.74) is 1.65. The zero-order chi connectivity index (χ0) is 20.1. The molecule has 0 fully saturated rings.